The predicted molar refractivity (Wildman–Crippen MR) is 74.8 cm³/mol. The van der Waals surface area contributed by atoms with Crippen LogP contribution in [0.25, 0.3) is 0 Å². The van der Waals surface area contributed by atoms with E-state index in [1.165, 1.54) is 6.07 Å². The lowest BCUT2D eigenvalue weighted by Crippen LogP contribution is -2.40. The Bertz CT molecular complexity index is 413. The van der Waals surface area contributed by atoms with Crippen LogP contribution in [-0.4, -0.2) is 30.4 Å². The second kappa shape index (κ2) is 8.17. The van der Waals surface area contributed by atoms with Gasteiger partial charge in [-0.3, -0.25) is 0 Å². The van der Waals surface area contributed by atoms with E-state index in [9.17, 15) is 13.9 Å². The van der Waals surface area contributed by atoms with Crippen molar-refractivity contribution in [2.75, 3.05) is 13.2 Å². The summed E-state index contributed by atoms with van der Waals surface area (Å²) in [5, 5.41) is 13.1. The molecular weight excluding hydrogens is 264 g/mol. The Morgan fingerprint density at radius 1 is 1.25 bits per heavy atom. The third-order valence-corrected chi connectivity index (χ3v) is 3.19. The highest BCUT2D eigenvalue weighted by atomic mass is 19.2. The maximum atomic E-state index is 13.0. The molecule has 0 aliphatic rings. The molecular formula is C15H23F2NO2. The number of hydrogen-bond acceptors (Lipinski definition) is 3. The Morgan fingerprint density at radius 2 is 1.95 bits per heavy atom. The molecule has 1 aromatic carbocycles. The highest BCUT2D eigenvalue weighted by molar-refractivity contribution is 5.23. The van der Waals surface area contributed by atoms with Gasteiger partial charge in [-0.2, -0.15) is 0 Å². The lowest BCUT2D eigenvalue weighted by Gasteiger charge is -2.22. The summed E-state index contributed by atoms with van der Waals surface area (Å²) in [6.07, 6.45) is 0.282. The summed E-state index contributed by atoms with van der Waals surface area (Å²) in [6, 6.07) is 3.65. The molecule has 1 aromatic rings. The lowest BCUT2D eigenvalue weighted by atomic mass is 10.0. The first-order chi connectivity index (χ1) is 9.43. The summed E-state index contributed by atoms with van der Waals surface area (Å²) < 4.78 is 30.9. The number of benzene rings is 1. The van der Waals surface area contributed by atoms with Gasteiger partial charge in [0.15, 0.2) is 11.6 Å². The molecule has 3 nitrogen and oxygen atoms in total. The molecule has 0 fully saturated rings. The summed E-state index contributed by atoms with van der Waals surface area (Å²) in [7, 11) is 0. The van der Waals surface area contributed by atoms with E-state index in [-0.39, 0.29) is 12.4 Å². The molecule has 0 aromatic heterocycles. The Morgan fingerprint density at radius 3 is 2.50 bits per heavy atom. The molecule has 0 aliphatic heterocycles. The fourth-order valence-corrected chi connectivity index (χ4v) is 1.96. The number of hydrogen-bond donors (Lipinski definition) is 2. The molecule has 0 radical (unpaired) electrons. The zero-order valence-electron chi connectivity index (χ0n) is 12.2. The minimum atomic E-state index is -0.957. The molecule has 1 rings (SSSR count). The minimum Gasteiger partial charge on any atom is -0.491 e. The van der Waals surface area contributed by atoms with Gasteiger partial charge in [0.25, 0.3) is 0 Å². The summed E-state index contributed by atoms with van der Waals surface area (Å²) in [4.78, 5) is 0. The second-order valence-corrected chi connectivity index (χ2v) is 5.21. The first kappa shape index (κ1) is 16.9. The van der Waals surface area contributed by atoms with E-state index >= 15 is 0 Å². The van der Waals surface area contributed by atoms with Crippen molar-refractivity contribution in [3.8, 4) is 5.75 Å². The molecule has 0 amide bonds. The van der Waals surface area contributed by atoms with Gasteiger partial charge in [-0.25, -0.2) is 8.78 Å². The van der Waals surface area contributed by atoms with E-state index in [1.807, 2.05) is 0 Å². The molecule has 0 saturated carbocycles. The zero-order valence-corrected chi connectivity index (χ0v) is 12.2. The average Bonchev–Trinajstić information content (AvgIpc) is 2.40. The summed E-state index contributed by atoms with van der Waals surface area (Å²) in [6.45, 7) is 6.76. The van der Waals surface area contributed by atoms with Gasteiger partial charge in [0.1, 0.15) is 18.5 Å². The van der Waals surface area contributed by atoms with Crippen LogP contribution >= 0.6 is 0 Å². The molecule has 5 heteroatoms. The first-order valence-electron chi connectivity index (χ1n) is 6.93. The highest BCUT2D eigenvalue weighted by Gasteiger charge is 2.13. The Kier molecular flexibility index (Phi) is 6.88. The van der Waals surface area contributed by atoms with Crippen LogP contribution in [0.15, 0.2) is 18.2 Å². The number of ether oxygens (including phenoxy) is 1. The van der Waals surface area contributed by atoms with Crippen LogP contribution in [0, 0.1) is 17.6 Å². The fourth-order valence-electron chi connectivity index (χ4n) is 1.96. The van der Waals surface area contributed by atoms with Crippen LogP contribution in [-0.2, 0) is 0 Å². The largest absolute Gasteiger partial charge is 0.491 e. The minimum absolute atomic E-state index is 0.0343. The number of rotatable bonds is 8. The van der Waals surface area contributed by atoms with Crippen molar-refractivity contribution in [1.29, 1.82) is 0 Å². The van der Waals surface area contributed by atoms with Crippen LogP contribution in [0.2, 0.25) is 0 Å². The maximum Gasteiger partial charge on any atom is 0.162 e. The van der Waals surface area contributed by atoms with Crippen molar-refractivity contribution in [1.82, 2.24) is 5.32 Å². The van der Waals surface area contributed by atoms with Crippen LogP contribution in [0.1, 0.15) is 27.2 Å². The van der Waals surface area contributed by atoms with E-state index in [2.05, 4.69) is 26.1 Å². The normalized spacial score (nSPS) is 14.3. The van der Waals surface area contributed by atoms with Crippen molar-refractivity contribution >= 4 is 0 Å². The van der Waals surface area contributed by atoms with E-state index in [4.69, 9.17) is 4.74 Å². The molecule has 0 saturated heterocycles. The van der Waals surface area contributed by atoms with Gasteiger partial charge in [-0.1, -0.05) is 20.8 Å². The number of halogens is 2. The summed E-state index contributed by atoms with van der Waals surface area (Å²) in [5.74, 6) is -1.18. The fraction of sp³-hybridized carbons (Fsp3) is 0.600. The molecule has 2 unspecified atom stereocenters. The molecule has 0 bridgehead atoms. The Hall–Kier alpha value is -1.20. The number of aliphatic hydroxyl groups excluding tert-OH is 1. The van der Waals surface area contributed by atoms with Crippen LogP contribution in [0.3, 0.4) is 0 Å². The molecule has 114 valence electrons. The van der Waals surface area contributed by atoms with Crippen LogP contribution in [0.4, 0.5) is 8.78 Å². The topological polar surface area (TPSA) is 41.5 Å². The van der Waals surface area contributed by atoms with Crippen LogP contribution < -0.4 is 10.1 Å². The van der Waals surface area contributed by atoms with Crippen molar-refractivity contribution in [3.05, 3.63) is 29.8 Å². The summed E-state index contributed by atoms with van der Waals surface area (Å²) in [5.41, 5.74) is 0. The predicted octanol–water partition coefficient (Wildman–Crippen LogP) is 2.73. The molecule has 2 N–H and O–H groups in total. The monoisotopic (exact) mass is 287 g/mol. The Balaban J connectivity index is 2.35. The third kappa shape index (κ3) is 5.43. The number of aliphatic hydroxyl groups is 1. The van der Waals surface area contributed by atoms with Crippen LogP contribution in [0.5, 0.6) is 5.75 Å². The molecule has 20 heavy (non-hydrogen) atoms. The first-order valence-corrected chi connectivity index (χ1v) is 6.93. The standard InChI is InChI=1S/C15H23F2NO2/c1-4-15(10(2)3)18-8-11(19)9-20-12-5-6-13(16)14(17)7-12/h5-7,10-11,15,18-19H,4,8-9H2,1-3H3. The van der Waals surface area contributed by atoms with E-state index in [0.717, 1.165) is 18.6 Å². The van der Waals surface area contributed by atoms with Gasteiger partial charge in [0.05, 0.1) is 0 Å². The zero-order chi connectivity index (χ0) is 15.1. The van der Waals surface area contributed by atoms with E-state index in [0.29, 0.717) is 18.5 Å². The highest BCUT2D eigenvalue weighted by Crippen LogP contribution is 2.15. The third-order valence-electron chi connectivity index (χ3n) is 3.19. The van der Waals surface area contributed by atoms with Gasteiger partial charge < -0.3 is 15.2 Å². The Labute approximate surface area is 119 Å². The smallest absolute Gasteiger partial charge is 0.162 e. The van der Waals surface area contributed by atoms with Crippen molar-refractivity contribution < 1.29 is 18.6 Å². The van der Waals surface area contributed by atoms with E-state index < -0.39 is 17.7 Å². The molecule has 0 heterocycles. The quantitative estimate of drug-likeness (QED) is 0.772. The van der Waals surface area contributed by atoms with Crippen molar-refractivity contribution in [3.63, 3.8) is 0 Å². The molecule has 2 atom stereocenters. The molecule has 0 aliphatic carbocycles. The SMILES string of the molecule is CCC(NCC(O)COc1ccc(F)c(F)c1)C(C)C. The average molecular weight is 287 g/mol. The lowest BCUT2D eigenvalue weighted by molar-refractivity contribution is 0.101. The second-order valence-electron chi connectivity index (χ2n) is 5.21. The maximum absolute atomic E-state index is 13.0. The van der Waals surface area contributed by atoms with Gasteiger partial charge in [0.2, 0.25) is 0 Å². The van der Waals surface area contributed by atoms with Crippen molar-refractivity contribution in [2.45, 2.75) is 39.3 Å². The van der Waals surface area contributed by atoms with Gasteiger partial charge >= 0.3 is 0 Å². The number of nitrogens with one attached hydrogen (secondary N) is 1. The summed E-state index contributed by atoms with van der Waals surface area (Å²) >= 11 is 0. The van der Waals surface area contributed by atoms with Crippen molar-refractivity contribution in [2.24, 2.45) is 5.92 Å². The van der Waals surface area contributed by atoms with Gasteiger partial charge in [-0.05, 0) is 24.5 Å². The molecule has 0 spiro atoms. The van der Waals surface area contributed by atoms with Gasteiger partial charge in [-0.15, -0.1) is 0 Å². The van der Waals surface area contributed by atoms with Gasteiger partial charge in [0, 0.05) is 18.7 Å². The van der Waals surface area contributed by atoms with E-state index in [1.54, 1.807) is 0 Å².